The number of urea groups is 1. The molecule has 0 radical (unpaired) electrons. The lowest BCUT2D eigenvalue weighted by molar-refractivity contribution is -0.141. The van der Waals surface area contributed by atoms with Crippen LogP contribution in [0.3, 0.4) is 0 Å². The molecule has 9 heteroatoms. The molecule has 1 aliphatic heterocycles. The van der Waals surface area contributed by atoms with Crippen LogP contribution < -0.4 is 0 Å². The van der Waals surface area contributed by atoms with Crippen LogP contribution in [0.1, 0.15) is 42.0 Å². The minimum Gasteiger partial charge on any atom is -0.386 e. The van der Waals surface area contributed by atoms with Crippen molar-refractivity contribution >= 4 is 6.03 Å². The molecule has 1 aliphatic rings. The highest BCUT2D eigenvalue weighted by atomic mass is 19.4. The van der Waals surface area contributed by atoms with Gasteiger partial charge >= 0.3 is 12.2 Å². The lowest BCUT2D eigenvalue weighted by Crippen LogP contribution is -2.43. The van der Waals surface area contributed by atoms with E-state index in [1.807, 2.05) is 6.92 Å². The first-order chi connectivity index (χ1) is 13.3. The van der Waals surface area contributed by atoms with Gasteiger partial charge in [0.2, 0.25) is 0 Å². The van der Waals surface area contributed by atoms with Gasteiger partial charge in [-0.25, -0.2) is 9.78 Å². The first-order valence-electron chi connectivity index (χ1n) is 8.97. The molecule has 0 fully saturated rings. The van der Waals surface area contributed by atoms with Crippen molar-refractivity contribution in [1.82, 2.24) is 19.8 Å². The highest BCUT2D eigenvalue weighted by Gasteiger charge is 2.35. The van der Waals surface area contributed by atoms with Crippen molar-refractivity contribution in [3.63, 3.8) is 0 Å². The van der Waals surface area contributed by atoms with Crippen LogP contribution in [-0.4, -0.2) is 44.0 Å². The third-order valence-corrected chi connectivity index (χ3v) is 4.56. The van der Waals surface area contributed by atoms with Gasteiger partial charge in [0.15, 0.2) is 0 Å². The maximum Gasteiger partial charge on any atom is 0.433 e. The Bertz CT molecular complexity index is 830. The standard InChI is InChI=1S/C19H21F3N4O2/c1-2-8-25(12-16(27)13-4-3-7-23-9-13)18(28)26-10-14-5-6-17(19(20,21)22)24-15(14)11-26/h3-7,9,16,27H,2,8,10-12H2,1H3. The van der Waals surface area contributed by atoms with Crippen LogP contribution in [0.2, 0.25) is 0 Å². The number of aromatic nitrogens is 2. The van der Waals surface area contributed by atoms with Crippen molar-refractivity contribution in [2.45, 2.75) is 38.7 Å². The second kappa shape index (κ2) is 8.14. The van der Waals surface area contributed by atoms with Crippen molar-refractivity contribution < 1.29 is 23.1 Å². The van der Waals surface area contributed by atoms with E-state index in [4.69, 9.17) is 0 Å². The average molecular weight is 394 g/mol. The van der Waals surface area contributed by atoms with Crippen LogP contribution in [0.5, 0.6) is 0 Å². The molecule has 1 atom stereocenters. The predicted octanol–water partition coefficient (Wildman–Crippen LogP) is 3.38. The zero-order chi connectivity index (χ0) is 20.3. The number of fused-ring (bicyclic) bond motifs is 1. The Kier molecular flexibility index (Phi) is 5.83. The van der Waals surface area contributed by atoms with E-state index in [-0.39, 0.29) is 31.4 Å². The van der Waals surface area contributed by atoms with Gasteiger partial charge in [-0.1, -0.05) is 19.1 Å². The minimum atomic E-state index is -4.52. The molecule has 6 nitrogen and oxygen atoms in total. The number of alkyl halides is 3. The number of pyridine rings is 2. The Hall–Kier alpha value is -2.68. The van der Waals surface area contributed by atoms with Crippen LogP contribution in [0.15, 0.2) is 36.7 Å². The summed E-state index contributed by atoms with van der Waals surface area (Å²) in [6.45, 7) is 2.62. The molecule has 2 aromatic rings. The Morgan fingerprint density at radius 1 is 1.32 bits per heavy atom. The summed E-state index contributed by atoms with van der Waals surface area (Å²) in [5, 5.41) is 10.4. The average Bonchev–Trinajstić information content (AvgIpc) is 3.10. The van der Waals surface area contributed by atoms with Crippen molar-refractivity contribution in [3.8, 4) is 0 Å². The van der Waals surface area contributed by atoms with E-state index < -0.39 is 18.0 Å². The van der Waals surface area contributed by atoms with E-state index in [2.05, 4.69) is 9.97 Å². The number of amides is 2. The van der Waals surface area contributed by atoms with Gasteiger partial charge in [-0.15, -0.1) is 0 Å². The quantitative estimate of drug-likeness (QED) is 0.844. The van der Waals surface area contributed by atoms with E-state index in [0.29, 0.717) is 24.1 Å². The smallest absolute Gasteiger partial charge is 0.386 e. The normalized spacial score (nSPS) is 14.7. The molecule has 3 heterocycles. The molecule has 28 heavy (non-hydrogen) atoms. The lowest BCUT2D eigenvalue weighted by Gasteiger charge is -2.29. The number of aliphatic hydroxyl groups excluding tert-OH is 1. The number of hydrogen-bond acceptors (Lipinski definition) is 4. The monoisotopic (exact) mass is 394 g/mol. The van der Waals surface area contributed by atoms with E-state index in [1.54, 1.807) is 18.3 Å². The van der Waals surface area contributed by atoms with Gasteiger partial charge in [0.05, 0.1) is 24.9 Å². The Labute approximate surface area is 160 Å². The number of nitrogens with zero attached hydrogens (tertiary/aromatic N) is 4. The summed E-state index contributed by atoms with van der Waals surface area (Å²) in [6, 6.07) is 5.39. The first kappa shape index (κ1) is 20.1. The van der Waals surface area contributed by atoms with Gasteiger partial charge in [-0.05, 0) is 24.1 Å². The molecular weight excluding hydrogens is 373 g/mol. The molecule has 1 N–H and O–H groups in total. The molecule has 0 aliphatic carbocycles. The zero-order valence-electron chi connectivity index (χ0n) is 15.4. The molecule has 2 amide bonds. The lowest BCUT2D eigenvalue weighted by atomic mass is 10.1. The SMILES string of the molecule is CCCN(CC(O)c1cccnc1)C(=O)N1Cc2ccc(C(F)(F)F)nc2C1. The highest BCUT2D eigenvalue weighted by Crippen LogP contribution is 2.31. The fraction of sp³-hybridized carbons (Fsp3) is 0.421. The van der Waals surface area contributed by atoms with Gasteiger partial charge in [-0.3, -0.25) is 4.98 Å². The van der Waals surface area contributed by atoms with Crippen molar-refractivity contribution in [3.05, 3.63) is 59.2 Å². The van der Waals surface area contributed by atoms with Crippen LogP contribution >= 0.6 is 0 Å². The first-order valence-corrected chi connectivity index (χ1v) is 8.97. The van der Waals surface area contributed by atoms with Gasteiger partial charge in [0, 0.05) is 31.0 Å². The number of halogens is 3. The Balaban J connectivity index is 1.71. The van der Waals surface area contributed by atoms with Crippen LogP contribution in [0.25, 0.3) is 0 Å². The predicted molar refractivity (Wildman–Crippen MR) is 94.9 cm³/mol. The third-order valence-electron chi connectivity index (χ3n) is 4.56. The van der Waals surface area contributed by atoms with Crippen molar-refractivity contribution in [2.24, 2.45) is 0 Å². The largest absolute Gasteiger partial charge is 0.433 e. The third kappa shape index (κ3) is 4.41. The molecule has 3 rings (SSSR count). The number of carbonyl (C=O) groups is 1. The summed E-state index contributed by atoms with van der Waals surface area (Å²) in [5.41, 5.74) is 0.494. The fourth-order valence-corrected chi connectivity index (χ4v) is 3.17. The Morgan fingerprint density at radius 2 is 2.11 bits per heavy atom. The minimum absolute atomic E-state index is 0.0152. The molecule has 2 aromatic heterocycles. The summed E-state index contributed by atoms with van der Waals surface area (Å²) in [6.07, 6.45) is -1.61. The van der Waals surface area contributed by atoms with Crippen molar-refractivity contribution in [1.29, 1.82) is 0 Å². The number of hydrogen-bond donors (Lipinski definition) is 1. The molecule has 0 spiro atoms. The molecule has 1 unspecified atom stereocenters. The maximum absolute atomic E-state index is 12.9. The van der Waals surface area contributed by atoms with Crippen molar-refractivity contribution in [2.75, 3.05) is 13.1 Å². The number of aliphatic hydroxyl groups is 1. The zero-order valence-corrected chi connectivity index (χ0v) is 15.4. The maximum atomic E-state index is 12.9. The highest BCUT2D eigenvalue weighted by molar-refractivity contribution is 5.75. The summed E-state index contributed by atoms with van der Waals surface area (Å²) < 4.78 is 38.6. The Morgan fingerprint density at radius 3 is 2.75 bits per heavy atom. The topological polar surface area (TPSA) is 69.6 Å². The fourth-order valence-electron chi connectivity index (χ4n) is 3.17. The van der Waals surface area contributed by atoms with Crippen LogP contribution in [0, 0.1) is 0 Å². The molecule has 0 bridgehead atoms. The summed E-state index contributed by atoms with van der Waals surface area (Å²) in [7, 11) is 0. The van der Waals surface area contributed by atoms with Gasteiger partial charge in [0.1, 0.15) is 5.69 Å². The van der Waals surface area contributed by atoms with E-state index in [1.165, 1.54) is 22.1 Å². The second-order valence-corrected chi connectivity index (χ2v) is 6.69. The number of carbonyl (C=O) groups excluding carboxylic acids is 1. The van der Waals surface area contributed by atoms with E-state index in [9.17, 15) is 23.1 Å². The number of rotatable bonds is 5. The van der Waals surface area contributed by atoms with E-state index in [0.717, 1.165) is 6.07 Å². The summed E-state index contributed by atoms with van der Waals surface area (Å²) >= 11 is 0. The van der Waals surface area contributed by atoms with Gasteiger partial charge in [-0.2, -0.15) is 13.2 Å². The second-order valence-electron chi connectivity index (χ2n) is 6.69. The van der Waals surface area contributed by atoms with Crippen LogP contribution in [-0.2, 0) is 19.3 Å². The molecular formula is C19H21F3N4O2. The summed E-state index contributed by atoms with van der Waals surface area (Å²) in [5.74, 6) is 0. The molecule has 0 saturated carbocycles. The van der Waals surface area contributed by atoms with Gasteiger partial charge in [0.25, 0.3) is 0 Å². The van der Waals surface area contributed by atoms with Gasteiger partial charge < -0.3 is 14.9 Å². The van der Waals surface area contributed by atoms with Crippen LogP contribution in [0.4, 0.5) is 18.0 Å². The van der Waals surface area contributed by atoms with E-state index >= 15 is 0 Å². The molecule has 150 valence electrons. The molecule has 0 saturated heterocycles. The summed E-state index contributed by atoms with van der Waals surface area (Å²) in [4.78, 5) is 23.5. The molecule has 0 aromatic carbocycles.